The summed E-state index contributed by atoms with van der Waals surface area (Å²) in [6.07, 6.45) is 70.0. The van der Waals surface area contributed by atoms with Crippen LogP contribution in [0.4, 0.5) is 64.7 Å². The van der Waals surface area contributed by atoms with Crippen molar-refractivity contribution in [3.63, 3.8) is 0 Å². The molecule has 1 aliphatic carbocycles. The second-order valence-electron chi connectivity index (χ2n) is 40.2. The van der Waals surface area contributed by atoms with Crippen LogP contribution < -0.4 is 99.4 Å². The maximum absolute atomic E-state index is 15.3. The minimum Gasteiger partial charge on any atom is -0.496 e. The van der Waals surface area contributed by atoms with Crippen molar-refractivity contribution in [2.45, 2.75) is 334 Å². The van der Waals surface area contributed by atoms with Gasteiger partial charge in [0, 0.05) is 188 Å². The van der Waals surface area contributed by atoms with Gasteiger partial charge in [-0.25, -0.2) is 19.2 Å². The highest BCUT2D eigenvalue weighted by atomic mass is 16.5. The number of methoxy groups -OCH3 is 4. The van der Waals surface area contributed by atoms with Crippen molar-refractivity contribution < 1.29 is 76.0 Å². The van der Waals surface area contributed by atoms with Crippen LogP contribution in [0.5, 0.6) is 69.0 Å². The van der Waals surface area contributed by atoms with Gasteiger partial charge in [-0.15, -0.1) is 0 Å². The standard InChI is InChI=1S/C124H168N8O16/c1-137-117-93-69-95-75-102-77-97(118(95)138-2)71-99-79-104-80-100(120(99)140-4)72-98-78-103-76-96(119(98)139-3)70-94(117)74-101(73-93)125-121(133)129-105-81-109-89-110(82-105)142-62-54-46-38-30-22-14-6-8-16-24-32-40-48-56-64-144-112-84-107(131-123(135)127-103)86-114(91-112)146-66-58-50-42-34-26-18-10-12-20-28-36-44-52-60-68-148-116-88-108(132-124(136)128-104)87-115(92-116)147-67-59-51-43-35-27-19-11-9-17-25-33-41-49-57-65-145-113-85-106(130-122(134)126-102)83-111(90-113)143-63-55-47-39-31-23-15-7-5-13-21-29-37-45-53-61-141-109/h5-12,73-92H,13-72H2,1-4H3,(H2,125,129,133)(H2,126,130,134)(H2,127,131,135)(H2,128,132,136). The molecule has 8 aromatic carbocycles. The van der Waals surface area contributed by atoms with Crippen LogP contribution in [0.2, 0.25) is 0 Å². The van der Waals surface area contributed by atoms with E-state index in [0.29, 0.717) is 212 Å². The fraction of sp³-hybridized carbons (Fsp3) is 0.516. The summed E-state index contributed by atoms with van der Waals surface area (Å²) in [5.74, 6) is 6.59. The molecule has 0 fully saturated rings. The van der Waals surface area contributed by atoms with Crippen LogP contribution >= 0.6 is 0 Å². The average Bonchev–Trinajstić information content (AvgIpc) is 0.769. The molecular weight excluding hydrogens is 1860 g/mol. The van der Waals surface area contributed by atoms with Crippen molar-refractivity contribution in [2.75, 3.05) is 124 Å². The quantitative estimate of drug-likeness (QED) is 0.0761. The number of nitrogens with one attached hydrogen (secondary N) is 8. The lowest BCUT2D eigenvalue weighted by Crippen LogP contribution is -2.21. The monoisotopic (exact) mass is 2030 g/mol. The van der Waals surface area contributed by atoms with Crippen molar-refractivity contribution in [2.24, 2.45) is 0 Å². The Hall–Kier alpha value is -12.6. The molecule has 24 bridgehead atoms. The van der Waals surface area contributed by atoms with Gasteiger partial charge in [0.2, 0.25) is 0 Å². The topological polar surface area (TPSA) is 275 Å². The largest absolute Gasteiger partial charge is 0.496 e. The first-order valence-corrected chi connectivity index (χ1v) is 56.2. The first kappa shape index (κ1) is 113. The first-order valence-electron chi connectivity index (χ1n) is 56.2. The summed E-state index contributed by atoms with van der Waals surface area (Å²) in [4.78, 5) is 61.2. The van der Waals surface area contributed by atoms with E-state index < -0.39 is 24.1 Å². The average molecular weight is 2030 g/mol. The number of amides is 8. The summed E-state index contributed by atoms with van der Waals surface area (Å²) < 4.78 is 79.3. The van der Waals surface area contributed by atoms with Crippen molar-refractivity contribution in [3.05, 3.63) is 214 Å². The molecule has 4 aliphatic heterocycles. The molecule has 0 aromatic heterocycles. The number of rotatable bonds is 4. The van der Waals surface area contributed by atoms with Crippen LogP contribution in [0.25, 0.3) is 0 Å². The lowest BCUT2D eigenvalue weighted by Gasteiger charge is -2.23. The second-order valence-corrected chi connectivity index (χ2v) is 40.2. The maximum atomic E-state index is 15.3. The van der Waals surface area contributed by atoms with Crippen LogP contribution in [-0.2, 0) is 25.7 Å². The third-order valence-electron chi connectivity index (χ3n) is 27.8. The summed E-state index contributed by atoms with van der Waals surface area (Å²) in [6.45, 7) is 3.99. The van der Waals surface area contributed by atoms with Gasteiger partial charge < -0.3 is 99.4 Å². The number of allylic oxidation sites excluding steroid dienone is 8. The molecule has 5 aliphatic rings. The molecular formula is C124H168N8O16. The number of anilines is 8. The lowest BCUT2D eigenvalue weighted by atomic mass is 9.90. The highest BCUT2D eigenvalue weighted by molar-refractivity contribution is 6.03. The molecule has 0 spiro atoms. The Kier molecular flexibility index (Phi) is 49.7. The molecule has 4 heterocycles. The SMILES string of the molecule is COc1c2cc3cc1Cc1cc4cc(c1OC)Cc1cc5cc(c1OC)Cc1cc(cc(c1OC)C2)NC(=O)Nc1cc2cc(c1)OCCCCCCCC=CCCCCCCCOc1cc(cc(c1)OCCCCCCCC=CCCCCCCCOc1cc(cc(c1)OCCCCCCCC=CCCCCCCCOc1cc(cc(c1)OCCCCCCCC=CCCCCCCCO2)NC(=O)N3)NC(=O)N4)NC(=O)N5. The van der Waals surface area contributed by atoms with Gasteiger partial charge in [0.25, 0.3) is 0 Å². The third-order valence-corrected chi connectivity index (χ3v) is 27.8. The van der Waals surface area contributed by atoms with E-state index >= 15 is 19.2 Å². The van der Waals surface area contributed by atoms with E-state index in [1.165, 1.54) is 0 Å². The van der Waals surface area contributed by atoms with E-state index in [0.717, 1.165) is 308 Å². The summed E-state index contributed by atoms with van der Waals surface area (Å²) in [5, 5.41) is 25.7. The fourth-order valence-electron chi connectivity index (χ4n) is 20.3. The molecule has 13 rings (SSSR count). The van der Waals surface area contributed by atoms with Gasteiger partial charge in [0.15, 0.2) is 0 Å². The number of fused-ring (bicyclic) bond motifs is 16. The predicted octanol–water partition coefficient (Wildman–Crippen LogP) is 33.0. The van der Waals surface area contributed by atoms with E-state index in [-0.39, 0.29) is 25.7 Å². The zero-order valence-corrected chi connectivity index (χ0v) is 89.1. The first-order chi connectivity index (χ1) is 72.8. The number of hydrogen-bond donors (Lipinski definition) is 8. The van der Waals surface area contributed by atoms with Crippen LogP contribution in [0, 0.1) is 0 Å². The maximum Gasteiger partial charge on any atom is 0.323 e. The Morgan fingerprint density at radius 1 is 0.162 bits per heavy atom. The van der Waals surface area contributed by atoms with Gasteiger partial charge in [0.1, 0.15) is 69.0 Å². The molecule has 0 saturated carbocycles. The number of urea groups is 4. The zero-order chi connectivity index (χ0) is 103. The van der Waals surface area contributed by atoms with Crippen LogP contribution in [0.15, 0.2) is 170 Å². The van der Waals surface area contributed by atoms with E-state index in [1.54, 1.807) is 28.4 Å². The van der Waals surface area contributed by atoms with Gasteiger partial charge >= 0.3 is 24.1 Å². The Labute approximate surface area is 881 Å². The molecule has 0 atom stereocenters. The van der Waals surface area contributed by atoms with E-state index in [1.807, 2.05) is 121 Å². The van der Waals surface area contributed by atoms with Crippen molar-refractivity contribution in [1.82, 2.24) is 0 Å². The summed E-state index contributed by atoms with van der Waals surface area (Å²) >= 11 is 0. The van der Waals surface area contributed by atoms with E-state index in [2.05, 4.69) is 91.1 Å². The highest BCUT2D eigenvalue weighted by Crippen LogP contribution is 2.45. The number of carbonyl (C=O) groups is 4. The molecule has 8 N–H and O–H groups in total. The van der Waals surface area contributed by atoms with Gasteiger partial charge in [-0.05, 0) is 203 Å². The van der Waals surface area contributed by atoms with Crippen LogP contribution in [0.1, 0.15) is 353 Å². The Morgan fingerprint density at radius 2 is 0.284 bits per heavy atom. The van der Waals surface area contributed by atoms with Gasteiger partial charge in [-0.3, -0.25) is 0 Å². The zero-order valence-electron chi connectivity index (χ0n) is 89.1. The molecule has 0 radical (unpaired) electrons. The van der Waals surface area contributed by atoms with Crippen molar-refractivity contribution in [3.8, 4) is 69.0 Å². The number of benzene rings is 8. The molecule has 24 heteroatoms. The van der Waals surface area contributed by atoms with Crippen molar-refractivity contribution >= 4 is 69.6 Å². The summed E-state index contributed by atoms with van der Waals surface area (Å²) in [5.41, 5.74) is 8.53. The third kappa shape index (κ3) is 40.8. The fourth-order valence-corrected chi connectivity index (χ4v) is 20.3. The van der Waals surface area contributed by atoms with E-state index in [9.17, 15) is 0 Å². The van der Waals surface area contributed by atoms with Gasteiger partial charge in [0.05, 0.1) is 81.3 Å². The molecule has 148 heavy (non-hydrogen) atoms. The van der Waals surface area contributed by atoms with Crippen molar-refractivity contribution in [1.29, 1.82) is 0 Å². The molecule has 0 unspecified atom stereocenters. The minimum atomic E-state index is -0.539. The highest BCUT2D eigenvalue weighted by Gasteiger charge is 2.28. The normalized spacial score (nSPS) is 18.1. The number of hydrogen-bond acceptors (Lipinski definition) is 16. The van der Waals surface area contributed by atoms with Crippen LogP contribution in [-0.4, -0.2) is 105 Å². The molecule has 8 amide bonds. The molecule has 0 saturated heterocycles. The Morgan fingerprint density at radius 3 is 0.419 bits per heavy atom. The smallest absolute Gasteiger partial charge is 0.323 e. The Bertz CT molecular complexity index is 4610. The Balaban J connectivity index is 0.943. The predicted molar refractivity (Wildman–Crippen MR) is 602 cm³/mol. The molecule has 24 nitrogen and oxygen atoms in total. The number of ether oxygens (including phenoxy) is 12. The number of carbonyl (C=O) groups excluding carboxylic acids is 4. The van der Waals surface area contributed by atoms with Gasteiger partial charge in [-0.1, -0.05) is 203 Å². The minimum absolute atomic E-state index is 0.0943. The summed E-state index contributed by atoms with van der Waals surface area (Å²) in [6, 6.07) is 35.5. The molecule has 800 valence electrons. The second kappa shape index (κ2) is 65.3. The molecule has 8 aromatic rings. The lowest BCUT2D eigenvalue weighted by molar-refractivity contribution is 0.261. The van der Waals surface area contributed by atoms with E-state index in [4.69, 9.17) is 56.8 Å². The van der Waals surface area contributed by atoms with Gasteiger partial charge in [-0.2, -0.15) is 0 Å². The van der Waals surface area contributed by atoms with Crippen LogP contribution in [0.3, 0.4) is 0 Å². The summed E-state index contributed by atoms with van der Waals surface area (Å²) in [7, 11) is 6.51.